The maximum absolute atomic E-state index is 12.4. The lowest BCUT2D eigenvalue weighted by atomic mass is 10.1. The molecule has 3 rings (SSSR count). The molecule has 0 radical (unpaired) electrons. The van der Waals surface area contributed by atoms with Gasteiger partial charge < -0.3 is 20.7 Å². The van der Waals surface area contributed by atoms with Crippen LogP contribution in [0.2, 0.25) is 0 Å². The summed E-state index contributed by atoms with van der Waals surface area (Å²) in [5, 5.41) is 8.80. The topological polar surface area (TPSA) is 79.5 Å². The van der Waals surface area contributed by atoms with Gasteiger partial charge in [0.1, 0.15) is 5.75 Å². The molecule has 31 heavy (non-hydrogen) atoms. The molecule has 0 aliphatic rings. The number of amides is 2. The zero-order valence-corrected chi connectivity index (χ0v) is 17.7. The first-order valence-corrected chi connectivity index (χ1v) is 10.2. The van der Waals surface area contributed by atoms with Crippen LogP contribution in [0.4, 0.5) is 11.4 Å². The Hall–Kier alpha value is -3.80. The second-order valence-corrected chi connectivity index (χ2v) is 7.31. The van der Waals surface area contributed by atoms with E-state index < -0.39 is 0 Å². The van der Waals surface area contributed by atoms with E-state index in [0.29, 0.717) is 23.5 Å². The van der Waals surface area contributed by atoms with Crippen LogP contribution < -0.4 is 20.7 Å². The van der Waals surface area contributed by atoms with Crippen molar-refractivity contribution in [3.8, 4) is 5.75 Å². The summed E-state index contributed by atoms with van der Waals surface area (Å²) in [5.41, 5.74) is 2.82. The third kappa shape index (κ3) is 6.89. The summed E-state index contributed by atoms with van der Waals surface area (Å²) in [6.45, 7) is 4.42. The first-order chi connectivity index (χ1) is 15.0. The van der Waals surface area contributed by atoms with Crippen LogP contribution in [0, 0.1) is 0 Å². The molecular formula is C25H27N3O3. The number of carbonyl (C=O) groups is 2. The first-order valence-electron chi connectivity index (χ1n) is 10.2. The fourth-order valence-corrected chi connectivity index (χ4v) is 2.97. The zero-order valence-electron chi connectivity index (χ0n) is 17.7. The quantitative estimate of drug-likeness (QED) is 0.480. The predicted molar refractivity (Wildman–Crippen MR) is 123 cm³/mol. The largest absolute Gasteiger partial charge is 0.489 e. The third-order valence-corrected chi connectivity index (χ3v) is 4.39. The number of anilines is 2. The van der Waals surface area contributed by atoms with Crippen molar-refractivity contribution in [2.75, 3.05) is 17.2 Å². The van der Waals surface area contributed by atoms with Crippen LogP contribution in [0.3, 0.4) is 0 Å². The van der Waals surface area contributed by atoms with Gasteiger partial charge in [-0.3, -0.25) is 9.59 Å². The minimum Gasteiger partial charge on any atom is -0.489 e. The molecule has 3 aromatic carbocycles. The number of hydrogen-bond donors (Lipinski definition) is 3. The summed E-state index contributed by atoms with van der Waals surface area (Å²) >= 11 is 0. The molecule has 0 fully saturated rings. The molecule has 3 aromatic rings. The van der Waals surface area contributed by atoms with Crippen LogP contribution in [-0.4, -0.2) is 24.5 Å². The normalized spacial score (nSPS) is 10.4. The van der Waals surface area contributed by atoms with Crippen LogP contribution in [0.15, 0.2) is 78.9 Å². The van der Waals surface area contributed by atoms with Gasteiger partial charge in [0.15, 0.2) is 0 Å². The lowest BCUT2D eigenvalue weighted by molar-refractivity contribution is -0.114. The summed E-state index contributed by atoms with van der Waals surface area (Å²) in [7, 11) is 0. The minimum atomic E-state index is -0.221. The Labute approximate surface area is 182 Å². The highest BCUT2D eigenvalue weighted by molar-refractivity contribution is 5.98. The Bertz CT molecular complexity index is 1020. The highest BCUT2D eigenvalue weighted by Gasteiger charge is 2.10. The van der Waals surface area contributed by atoms with Crippen molar-refractivity contribution in [1.82, 2.24) is 5.32 Å². The lowest BCUT2D eigenvalue weighted by Crippen LogP contribution is -2.24. The van der Waals surface area contributed by atoms with Gasteiger partial charge in [-0.15, -0.1) is 0 Å². The number of benzene rings is 3. The molecular weight excluding hydrogens is 390 g/mol. The van der Waals surface area contributed by atoms with E-state index >= 15 is 0 Å². The molecule has 0 bridgehead atoms. The first kappa shape index (κ1) is 21.9. The molecule has 0 aliphatic carbocycles. The van der Waals surface area contributed by atoms with Crippen molar-refractivity contribution in [3.63, 3.8) is 0 Å². The average Bonchev–Trinajstić information content (AvgIpc) is 2.77. The van der Waals surface area contributed by atoms with Crippen molar-refractivity contribution in [1.29, 1.82) is 0 Å². The van der Waals surface area contributed by atoms with Crippen LogP contribution in [0.1, 0.15) is 29.8 Å². The van der Waals surface area contributed by atoms with Crippen molar-refractivity contribution in [2.45, 2.75) is 26.5 Å². The van der Waals surface area contributed by atoms with Gasteiger partial charge in [-0.05, 0) is 49.7 Å². The molecule has 0 saturated carbocycles. The van der Waals surface area contributed by atoms with E-state index in [0.717, 1.165) is 11.3 Å². The Morgan fingerprint density at radius 3 is 2.42 bits per heavy atom. The van der Waals surface area contributed by atoms with Crippen LogP contribution in [0.5, 0.6) is 5.75 Å². The minimum absolute atomic E-state index is 0.0348. The van der Waals surface area contributed by atoms with Crippen molar-refractivity contribution < 1.29 is 14.3 Å². The monoisotopic (exact) mass is 417 g/mol. The predicted octanol–water partition coefficient (Wildman–Crippen LogP) is 4.45. The van der Waals surface area contributed by atoms with Crippen LogP contribution >= 0.6 is 0 Å². The summed E-state index contributed by atoms with van der Waals surface area (Å²) in [6, 6.07) is 24.1. The Morgan fingerprint density at radius 2 is 1.65 bits per heavy atom. The van der Waals surface area contributed by atoms with Crippen molar-refractivity contribution in [3.05, 3.63) is 90.0 Å². The number of ether oxygens (including phenoxy) is 1. The van der Waals surface area contributed by atoms with E-state index in [1.807, 2.05) is 68.4 Å². The summed E-state index contributed by atoms with van der Waals surface area (Å²) in [6.07, 6.45) is 0.0348. The molecule has 160 valence electrons. The van der Waals surface area contributed by atoms with Gasteiger partial charge in [-0.1, -0.05) is 48.5 Å². The van der Waals surface area contributed by atoms with E-state index in [1.54, 1.807) is 24.3 Å². The molecule has 0 atom stereocenters. The molecule has 0 saturated heterocycles. The number of carbonyl (C=O) groups excluding carboxylic acids is 2. The molecule has 0 heterocycles. The maximum Gasteiger partial charge on any atom is 0.251 e. The summed E-state index contributed by atoms with van der Waals surface area (Å²) in [5.74, 6) is 0.279. The van der Waals surface area contributed by atoms with Gasteiger partial charge in [-0.2, -0.15) is 0 Å². The average molecular weight is 418 g/mol. The van der Waals surface area contributed by atoms with Gasteiger partial charge in [0.25, 0.3) is 5.91 Å². The number of rotatable bonds is 9. The number of nitrogens with one attached hydrogen (secondary N) is 3. The highest BCUT2D eigenvalue weighted by Crippen LogP contribution is 2.24. The molecule has 0 aliphatic heterocycles. The van der Waals surface area contributed by atoms with Gasteiger partial charge >= 0.3 is 0 Å². The van der Waals surface area contributed by atoms with E-state index in [9.17, 15) is 9.59 Å². The second kappa shape index (κ2) is 10.8. The Balaban J connectivity index is 1.54. The van der Waals surface area contributed by atoms with Gasteiger partial charge in [0, 0.05) is 17.8 Å². The Morgan fingerprint density at radius 1 is 0.903 bits per heavy atom. The molecule has 2 amide bonds. The van der Waals surface area contributed by atoms with E-state index in [1.165, 1.54) is 0 Å². The second-order valence-electron chi connectivity index (χ2n) is 7.31. The molecule has 6 nitrogen and oxygen atoms in total. The van der Waals surface area contributed by atoms with Crippen LogP contribution in [0.25, 0.3) is 0 Å². The standard InChI is InChI=1S/C25H27N3O3/c1-18(2)31-23-14-7-6-13-22(23)26-17-24(29)28-21-12-8-11-20(15-21)25(30)27-16-19-9-4-3-5-10-19/h3-15,18,26H,16-17H2,1-2H3,(H,27,30)(H,28,29). The van der Waals surface area contributed by atoms with E-state index in [4.69, 9.17) is 4.74 Å². The molecule has 0 aromatic heterocycles. The van der Waals surface area contributed by atoms with Gasteiger partial charge in [-0.25, -0.2) is 0 Å². The van der Waals surface area contributed by atoms with E-state index in [2.05, 4.69) is 16.0 Å². The highest BCUT2D eigenvalue weighted by atomic mass is 16.5. The fraction of sp³-hybridized carbons (Fsp3) is 0.200. The van der Waals surface area contributed by atoms with E-state index in [-0.39, 0.29) is 24.5 Å². The maximum atomic E-state index is 12.4. The number of hydrogen-bond acceptors (Lipinski definition) is 4. The third-order valence-electron chi connectivity index (χ3n) is 4.39. The number of para-hydroxylation sites is 2. The van der Waals surface area contributed by atoms with Gasteiger partial charge in [0.2, 0.25) is 5.91 Å². The molecule has 6 heteroatoms. The molecule has 0 unspecified atom stereocenters. The lowest BCUT2D eigenvalue weighted by Gasteiger charge is -2.15. The van der Waals surface area contributed by atoms with Gasteiger partial charge in [0.05, 0.1) is 18.3 Å². The Kier molecular flexibility index (Phi) is 7.65. The van der Waals surface area contributed by atoms with Crippen molar-refractivity contribution in [2.24, 2.45) is 0 Å². The fourth-order valence-electron chi connectivity index (χ4n) is 2.97. The summed E-state index contributed by atoms with van der Waals surface area (Å²) in [4.78, 5) is 24.8. The van der Waals surface area contributed by atoms with Crippen LogP contribution in [-0.2, 0) is 11.3 Å². The smallest absolute Gasteiger partial charge is 0.251 e. The summed E-state index contributed by atoms with van der Waals surface area (Å²) < 4.78 is 5.75. The van der Waals surface area contributed by atoms with Crippen molar-refractivity contribution >= 4 is 23.2 Å². The SMILES string of the molecule is CC(C)Oc1ccccc1NCC(=O)Nc1cccc(C(=O)NCc2ccccc2)c1. The molecule has 0 spiro atoms. The zero-order chi connectivity index (χ0) is 22.1. The molecule has 3 N–H and O–H groups in total.